The summed E-state index contributed by atoms with van der Waals surface area (Å²) >= 11 is 11.1. The number of ether oxygens (including phenoxy) is 1. The summed E-state index contributed by atoms with van der Waals surface area (Å²) in [7, 11) is 0. The lowest BCUT2D eigenvalue weighted by Crippen LogP contribution is -2.49. The highest BCUT2D eigenvalue weighted by atomic mass is 35.5. The van der Waals surface area contributed by atoms with E-state index in [9.17, 15) is 9.59 Å². The first kappa shape index (κ1) is 23.2. The number of benzene rings is 3. The van der Waals surface area contributed by atoms with Crippen LogP contribution in [0.5, 0.6) is 5.75 Å². The molecule has 0 aromatic heterocycles. The fourth-order valence-corrected chi connectivity index (χ4v) is 3.25. The van der Waals surface area contributed by atoms with Gasteiger partial charge in [0.15, 0.2) is 11.7 Å². The van der Waals surface area contributed by atoms with Crippen molar-refractivity contribution in [3.63, 3.8) is 0 Å². The number of rotatable bonds is 7. The molecule has 3 N–H and O–H groups in total. The first-order chi connectivity index (χ1) is 15.5. The van der Waals surface area contributed by atoms with Gasteiger partial charge in [0.25, 0.3) is 5.91 Å². The van der Waals surface area contributed by atoms with Gasteiger partial charge < -0.3 is 10.1 Å². The van der Waals surface area contributed by atoms with E-state index in [0.29, 0.717) is 17.2 Å². The maximum absolute atomic E-state index is 12.0. The zero-order valence-corrected chi connectivity index (χ0v) is 18.7. The summed E-state index contributed by atoms with van der Waals surface area (Å²) in [6, 6.07) is 24.7. The zero-order chi connectivity index (χ0) is 22.8. The van der Waals surface area contributed by atoms with Crippen molar-refractivity contribution in [1.29, 1.82) is 0 Å². The minimum atomic E-state index is -0.440. The summed E-state index contributed by atoms with van der Waals surface area (Å²) in [5, 5.41) is 3.11. The molecule has 0 bridgehead atoms. The minimum Gasteiger partial charge on any atom is -0.484 e. The van der Waals surface area contributed by atoms with Gasteiger partial charge >= 0.3 is 0 Å². The fraction of sp³-hybridized carbons (Fsp3) is 0.125. The minimum absolute atomic E-state index is 0.00489. The molecule has 8 heteroatoms. The monoisotopic (exact) mass is 467 g/mol. The molecule has 0 heterocycles. The van der Waals surface area contributed by atoms with E-state index in [1.54, 1.807) is 18.2 Å². The van der Waals surface area contributed by atoms with Crippen molar-refractivity contribution in [3.8, 4) is 16.9 Å². The molecule has 0 atom stereocenters. The van der Waals surface area contributed by atoms with Crippen LogP contribution in [0.25, 0.3) is 11.1 Å². The zero-order valence-electron chi connectivity index (χ0n) is 17.1. The smallest absolute Gasteiger partial charge is 0.276 e. The summed E-state index contributed by atoms with van der Waals surface area (Å²) in [4.78, 5) is 24.0. The summed E-state index contributed by atoms with van der Waals surface area (Å²) in [5.74, 6) is -0.161. The summed E-state index contributed by atoms with van der Waals surface area (Å²) in [6.07, 6.45) is 0.693. The molecule has 164 valence electrons. The number of hydrazine groups is 1. The normalized spacial score (nSPS) is 10.2. The molecule has 0 saturated carbocycles. The lowest BCUT2D eigenvalue weighted by molar-refractivity contribution is -0.124. The number of hydrogen-bond acceptors (Lipinski definition) is 4. The van der Waals surface area contributed by atoms with E-state index in [-0.39, 0.29) is 24.0 Å². The highest BCUT2D eigenvalue weighted by Crippen LogP contribution is 2.22. The Kier molecular flexibility index (Phi) is 8.60. The maximum Gasteiger partial charge on any atom is 0.276 e. The van der Waals surface area contributed by atoms with E-state index in [2.05, 4.69) is 16.2 Å². The average Bonchev–Trinajstić information content (AvgIpc) is 2.82. The molecule has 3 rings (SSSR count). The molecule has 0 unspecified atom stereocenters. The first-order valence-corrected chi connectivity index (χ1v) is 10.7. The molecule has 0 fully saturated rings. The van der Waals surface area contributed by atoms with Gasteiger partial charge in [-0.15, -0.1) is 0 Å². The Morgan fingerprint density at radius 3 is 2.19 bits per heavy atom. The Bertz CT molecular complexity index is 1080. The number of aryl methyl sites for hydroxylation is 1. The number of nitrogens with one attached hydrogen (secondary N) is 3. The molecule has 0 spiro atoms. The van der Waals surface area contributed by atoms with Crippen LogP contribution in [0.15, 0.2) is 78.9 Å². The second kappa shape index (κ2) is 11.8. The second-order valence-corrected chi connectivity index (χ2v) is 7.64. The van der Waals surface area contributed by atoms with Gasteiger partial charge in [-0.2, -0.15) is 0 Å². The fourth-order valence-electron chi connectivity index (χ4n) is 2.86. The van der Waals surface area contributed by atoms with Gasteiger partial charge in [0.05, 0.1) is 0 Å². The molecule has 0 aliphatic rings. The van der Waals surface area contributed by atoms with Crippen molar-refractivity contribution in [2.75, 3.05) is 6.61 Å². The van der Waals surface area contributed by atoms with E-state index < -0.39 is 5.91 Å². The van der Waals surface area contributed by atoms with Crippen LogP contribution in [0.1, 0.15) is 12.0 Å². The number of carbonyl (C=O) groups is 2. The van der Waals surface area contributed by atoms with E-state index >= 15 is 0 Å². The second-order valence-electron chi connectivity index (χ2n) is 6.82. The molecule has 0 aliphatic heterocycles. The van der Waals surface area contributed by atoms with Crippen LogP contribution in [0, 0.1) is 0 Å². The summed E-state index contributed by atoms with van der Waals surface area (Å²) < 4.78 is 5.48. The molecule has 3 aromatic carbocycles. The standard InChI is InChI=1S/C24H22ClN3O3S/c25-21-9-5-4-8-19(21)12-15-22(29)26-24(32)28-27-23(30)16-31-20-13-10-18(11-14-20)17-6-2-1-3-7-17/h1-11,13-14H,12,15-16H2,(H,27,30)(H2,26,28,29,32). The van der Waals surface area contributed by atoms with Crippen LogP contribution in [-0.2, 0) is 16.0 Å². The van der Waals surface area contributed by atoms with Crippen molar-refractivity contribution >= 4 is 40.7 Å². The van der Waals surface area contributed by atoms with Crippen LogP contribution in [0.2, 0.25) is 5.02 Å². The molecule has 32 heavy (non-hydrogen) atoms. The van der Waals surface area contributed by atoms with Crippen LogP contribution < -0.4 is 20.9 Å². The number of amides is 2. The molecular formula is C24H22ClN3O3S. The Labute approximate surface area is 196 Å². The highest BCUT2D eigenvalue weighted by molar-refractivity contribution is 7.80. The predicted octanol–water partition coefficient (Wildman–Crippen LogP) is 4.04. The van der Waals surface area contributed by atoms with Gasteiger partial charge in [-0.1, -0.05) is 72.3 Å². The quantitative estimate of drug-likeness (QED) is 0.361. The van der Waals surface area contributed by atoms with Crippen molar-refractivity contribution in [2.24, 2.45) is 0 Å². The van der Waals surface area contributed by atoms with Crippen molar-refractivity contribution in [3.05, 3.63) is 89.4 Å². The van der Waals surface area contributed by atoms with Gasteiger partial charge in [-0.25, -0.2) is 0 Å². The average molecular weight is 468 g/mol. The van der Waals surface area contributed by atoms with Gasteiger partial charge in [0.1, 0.15) is 5.75 Å². The Morgan fingerprint density at radius 1 is 0.812 bits per heavy atom. The molecule has 2 amide bonds. The SMILES string of the molecule is O=C(COc1ccc(-c2ccccc2)cc1)NNC(=S)NC(=O)CCc1ccccc1Cl. The predicted molar refractivity (Wildman–Crippen MR) is 129 cm³/mol. The maximum atomic E-state index is 12.0. The molecule has 3 aromatic rings. The number of carbonyl (C=O) groups excluding carboxylic acids is 2. The van der Waals surface area contributed by atoms with E-state index in [1.807, 2.05) is 60.7 Å². The van der Waals surface area contributed by atoms with Gasteiger partial charge in [0, 0.05) is 11.4 Å². The van der Waals surface area contributed by atoms with Crippen LogP contribution in [0.4, 0.5) is 0 Å². The van der Waals surface area contributed by atoms with Crippen molar-refractivity contribution in [2.45, 2.75) is 12.8 Å². The molecule has 0 aliphatic carbocycles. The molecule has 0 saturated heterocycles. The van der Waals surface area contributed by atoms with E-state index in [4.69, 9.17) is 28.6 Å². The number of halogens is 1. The Balaban J connectivity index is 1.35. The van der Waals surface area contributed by atoms with E-state index in [0.717, 1.165) is 16.7 Å². The number of hydrogen-bond donors (Lipinski definition) is 3. The highest BCUT2D eigenvalue weighted by Gasteiger charge is 2.08. The van der Waals surface area contributed by atoms with Crippen LogP contribution in [0.3, 0.4) is 0 Å². The van der Waals surface area contributed by atoms with E-state index in [1.165, 1.54) is 0 Å². The molecule has 6 nitrogen and oxygen atoms in total. The topological polar surface area (TPSA) is 79.5 Å². The first-order valence-electron chi connectivity index (χ1n) is 9.91. The molecular weight excluding hydrogens is 446 g/mol. The third kappa shape index (κ3) is 7.37. The summed E-state index contributed by atoms with van der Waals surface area (Å²) in [5.41, 5.74) is 7.91. The van der Waals surface area contributed by atoms with Crippen LogP contribution in [-0.4, -0.2) is 23.5 Å². The lowest BCUT2D eigenvalue weighted by atomic mass is 10.1. The van der Waals surface area contributed by atoms with Gasteiger partial charge in [-0.3, -0.25) is 20.4 Å². The lowest BCUT2D eigenvalue weighted by Gasteiger charge is -2.12. The van der Waals surface area contributed by atoms with Crippen molar-refractivity contribution < 1.29 is 14.3 Å². The third-order valence-electron chi connectivity index (χ3n) is 4.48. The van der Waals surface area contributed by atoms with Crippen molar-refractivity contribution in [1.82, 2.24) is 16.2 Å². The van der Waals surface area contributed by atoms with Gasteiger partial charge in [-0.05, 0) is 53.5 Å². The largest absolute Gasteiger partial charge is 0.484 e. The Morgan fingerprint density at radius 2 is 1.47 bits per heavy atom. The Hall–Kier alpha value is -3.42. The molecule has 0 radical (unpaired) electrons. The summed E-state index contributed by atoms with van der Waals surface area (Å²) in [6.45, 7) is -0.208. The number of thiocarbonyl (C=S) groups is 1. The van der Waals surface area contributed by atoms with Crippen LogP contribution >= 0.6 is 23.8 Å². The third-order valence-corrected chi connectivity index (χ3v) is 5.05. The van der Waals surface area contributed by atoms with Gasteiger partial charge in [0.2, 0.25) is 5.91 Å².